The highest BCUT2D eigenvalue weighted by atomic mass is 32.1. The lowest BCUT2D eigenvalue weighted by Crippen LogP contribution is -2.47. The number of urea groups is 1. The first-order valence-corrected chi connectivity index (χ1v) is 10.2. The highest BCUT2D eigenvalue weighted by Crippen LogP contribution is 2.29. The third-order valence-corrected chi connectivity index (χ3v) is 5.83. The molecule has 2 heterocycles. The van der Waals surface area contributed by atoms with E-state index >= 15 is 0 Å². The van der Waals surface area contributed by atoms with E-state index in [9.17, 15) is 9.59 Å². The maximum absolute atomic E-state index is 12.3. The summed E-state index contributed by atoms with van der Waals surface area (Å²) in [7, 11) is 0. The molecule has 27 heavy (non-hydrogen) atoms. The molecule has 1 aliphatic heterocycles. The fraction of sp³-hybridized carbons (Fsp3) is 0.526. The number of ether oxygens (including phenoxy) is 1. The summed E-state index contributed by atoms with van der Waals surface area (Å²) in [6, 6.07) is 5.59. The standard InChI is InChI=1S/C19H26N4O3S/c1-4-26-19(25)23-9-7-13(8-10-23)20-18(24)21-14-5-6-15-16(11-14)27-17(22-15)12(2)3/h5-6,11-13H,4,7-10H2,1-3H3,(H2,20,21,24). The first kappa shape index (κ1) is 19.4. The van der Waals surface area contributed by atoms with Crippen LogP contribution >= 0.6 is 11.3 Å². The second kappa shape index (κ2) is 8.56. The van der Waals surface area contributed by atoms with Crippen molar-refractivity contribution in [3.05, 3.63) is 23.2 Å². The number of benzene rings is 1. The quantitative estimate of drug-likeness (QED) is 0.821. The van der Waals surface area contributed by atoms with Crippen molar-refractivity contribution in [2.24, 2.45) is 0 Å². The Labute approximate surface area is 163 Å². The number of aromatic nitrogens is 1. The Morgan fingerprint density at radius 2 is 2.07 bits per heavy atom. The average molecular weight is 391 g/mol. The van der Waals surface area contributed by atoms with Crippen LogP contribution in [0.5, 0.6) is 0 Å². The van der Waals surface area contributed by atoms with Gasteiger partial charge in [0.05, 0.1) is 21.8 Å². The van der Waals surface area contributed by atoms with Crippen LogP contribution in [-0.2, 0) is 4.74 Å². The summed E-state index contributed by atoms with van der Waals surface area (Å²) >= 11 is 1.66. The number of carbonyl (C=O) groups is 2. The van der Waals surface area contributed by atoms with E-state index in [0.717, 1.165) is 33.8 Å². The van der Waals surface area contributed by atoms with Crippen molar-refractivity contribution >= 4 is 39.4 Å². The first-order chi connectivity index (χ1) is 13.0. The van der Waals surface area contributed by atoms with Crippen LogP contribution in [0.1, 0.15) is 44.5 Å². The van der Waals surface area contributed by atoms with Gasteiger partial charge in [0.1, 0.15) is 0 Å². The monoisotopic (exact) mass is 390 g/mol. The van der Waals surface area contributed by atoms with Crippen molar-refractivity contribution in [1.29, 1.82) is 0 Å². The van der Waals surface area contributed by atoms with E-state index in [0.29, 0.717) is 25.6 Å². The molecule has 1 aromatic carbocycles. The molecule has 8 heteroatoms. The van der Waals surface area contributed by atoms with Gasteiger partial charge >= 0.3 is 12.1 Å². The molecule has 7 nitrogen and oxygen atoms in total. The molecule has 1 saturated heterocycles. The molecule has 2 N–H and O–H groups in total. The summed E-state index contributed by atoms with van der Waals surface area (Å²) in [5.74, 6) is 0.391. The van der Waals surface area contributed by atoms with E-state index in [2.05, 4.69) is 29.5 Å². The number of rotatable bonds is 4. The van der Waals surface area contributed by atoms with E-state index < -0.39 is 0 Å². The van der Waals surface area contributed by atoms with Crippen molar-refractivity contribution in [3.63, 3.8) is 0 Å². The predicted molar refractivity (Wildman–Crippen MR) is 107 cm³/mol. The normalized spacial score (nSPS) is 15.2. The maximum atomic E-state index is 12.3. The minimum atomic E-state index is -0.279. The molecule has 0 atom stereocenters. The number of nitrogens with one attached hydrogen (secondary N) is 2. The number of amides is 3. The van der Waals surface area contributed by atoms with E-state index in [1.54, 1.807) is 23.2 Å². The van der Waals surface area contributed by atoms with Crippen LogP contribution in [0.15, 0.2) is 18.2 Å². The van der Waals surface area contributed by atoms with Gasteiger partial charge in [-0.1, -0.05) is 13.8 Å². The SMILES string of the molecule is CCOC(=O)N1CCC(NC(=O)Nc2ccc3nc(C(C)C)sc3c2)CC1. The molecule has 146 valence electrons. The third kappa shape index (κ3) is 4.88. The molecule has 1 aromatic heterocycles. The number of likely N-dealkylation sites (tertiary alicyclic amines) is 1. The van der Waals surface area contributed by atoms with Crippen LogP contribution in [0.4, 0.5) is 15.3 Å². The molecule has 1 aliphatic rings. The summed E-state index contributed by atoms with van der Waals surface area (Å²) < 4.78 is 6.08. The van der Waals surface area contributed by atoms with Crippen LogP contribution in [-0.4, -0.2) is 47.7 Å². The Bertz CT molecular complexity index is 812. The smallest absolute Gasteiger partial charge is 0.409 e. The molecule has 3 amide bonds. The topological polar surface area (TPSA) is 83.6 Å². The van der Waals surface area contributed by atoms with Crippen molar-refractivity contribution in [2.45, 2.75) is 45.6 Å². The van der Waals surface area contributed by atoms with Crippen LogP contribution in [0.25, 0.3) is 10.2 Å². The Hall–Kier alpha value is -2.35. The summed E-state index contributed by atoms with van der Waals surface area (Å²) in [5, 5.41) is 6.98. The van der Waals surface area contributed by atoms with Gasteiger partial charge in [-0.25, -0.2) is 14.6 Å². The van der Waals surface area contributed by atoms with E-state index in [1.165, 1.54) is 0 Å². The van der Waals surface area contributed by atoms with Gasteiger partial charge in [-0.3, -0.25) is 0 Å². The fourth-order valence-corrected chi connectivity index (χ4v) is 4.05. The average Bonchev–Trinajstić information content (AvgIpc) is 3.06. The van der Waals surface area contributed by atoms with Crippen LogP contribution in [0.2, 0.25) is 0 Å². The van der Waals surface area contributed by atoms with Crippen molar-refractivity contribution < 1.29 is 14.3 Å². The van der Waals surface area contributed by atoms with Crippen molar-refractivity contribution in [1.82, 2.24) is 15.2 Å². The number of fused-ring (bicyclic) bond motifs is 1. The number of hydrogen-bond acceptors (Lipinski definition) is 5. The predicted octanol–water partition coefficient (Wildman–Crippen LogP) is 4.16. The number of hydrogen-bond donors (Lipinski definition) is 2. The van der Waals surface area contributed by atoms with E-state index in [-0.39, 0.29) is 18.2 Å². The molecular formula is C19H26N4O3S. The molecular weight excluding hydrogens is 364 g/mol. The van der Waals surface area contributed by atoms with Gasteiger partial charge in [-0.2, -0.15) is 0 Å². The van der Waals surface area contributed by atoms with E-state index in [4.69, 9.17) is 4.74 Å². The molecule has 0 unspecified atom stereocenters. The van der Waals surface area contributed by atoms with Gasteiger partial charge < -0.3 is 20.3 Å². The third-order valence-electron chi connectivity index (χ3n) is 4.51. The summed E-state index contributed by atoms with van der Waals surface area (Å²) in [4.78, 5) is 30.3. The first-order valence-electron chi connectivity index (χ1n) is 9.36. The van der Waals surface area contributed by atoms with Crippen LogP contribution < -0.4 is 10.6 Å². The van der Waals surface area contributed by atoms with Gasteiger partial charge in [0.15, 0.2) is 0 Å². The Morgan fingerprint density at radius 1 is 1.33 bits per heavy atom. The number of thiazole rings is 1. The number of anilines is 1. The largest absolute Gasteiger partial charge is 0.450 e. The zero-order chi connectivity index (χ0) is 19.4. The Kier molecular flexibility index (Phi) is 6.15. The lowest BCUT2D eigenvalue weighted by molar-refractivity contribution is 0.0959. The van der Waals surface area contributed by atoms with Gasteiger partial charge in [0.25, 0.3) is 0 Å². The minimum Gasteiger partial charge on any atom is -0.450 e. The lowest BCUT2D eigenvalue weighted by atomic mass is 10.1. The second-order valence-corrected chi connectivity index (χ2v) is 8.01. The maximum Gasteiger partial charge on any atom is 0.409 e. The molecule has 0 spiro atoms. The minimum absolute atomic E-state index is 0.0513. The number of piperidine rings is 1. The second-order valence-electron chi connectivity index (χ2n) is 6.95. The van der Waals surface area contributed by atoms with Gasteiger partial charge in [-0.05, 0) is 38.0 Å². The Morgan fingerprint density at radius 3 is 2.74 bits per heavy atom. The summed E-state index contributed by atoms with van der Waals surface area (Å²) in [6.07, 6.45) is 1.16. The molecule has 0 radical (unpaired) electrons. The number of carbonyl (C=O) groups excluding carboxylic acids is 2. The van der Waals surface area contributed by atoms with Crippen LogP contribution in [0, 0.1) is 0 Å². The molecule has 1 fully saturated rings. The zero-order valence-electron chi connectivity index (χ0n) is 15.9. The Balaban J connectivity index is 1.52. The van der Waals surface area contributed by atoms with Crippen molar-refractivity contribution in [3.8, 4) is 0 Å². The summed E-state index contributed by atoms with van der Waals surface area (Å²) in [6.45, 7) is 7.60. The van der Waals surface area contributed by atoms with E-state index in [1.807, 2.05) is 18.2 Å². The molecule has 3 rings (SSSR count). The lowest BCUT2D eigenvalue weighted by Gasteiger charge is -2.31. The highest BCUT2D eigenvalue weighted by Gasteiger charge is 2.24. The molecule has 0 bridgehead atoms. The fourth-order valence-electron chi connectivity index (χ4n) is 3.04. The zero-order valence-corrected chi connectivity index (χ0v) is 16.8. The van der Waals surface area contributed by atoms with Crippen molar-refractivity contribution in [2.75, 3.05) is 25.0 Å². The summed E-state index contributed by atoms with van der Waals surface area (Å²) in [5.41, 5.74) is 1.71. The molecule has 0 saturated carbocycles. The van der Waals surface area contributed by atoms with Gasteiger partial charge in [-0.15, -0.1) is 11.3 Å². The number of nitrogens with zero attached hydrogens (tertiary/aromatic N) is 2. The van der Waals surface area contributed by atoms with Crippen LogP contribution in [0.3, 0.4) is 0 Å². The highest BCUT2D eigenvalue weighted by molar-refractivity contribution is 7.18. The molecule has 0 aliphatic carbocycles. The van der Waals surface area contributed by atoms with Gasteiger partial charge in [0.2, 0.25) is 0 Å². The van der Waals surface area contributed by atoms with Gasteiger partial charge in [0, 0.05) is 30.7 Å². The molecule has 2 aromatic rings.